The lowest BCUT2D eigenvalue weighted by atomic mass is 9.81. The van der Waals surface area contributed by atoms with Gasteiger partial charge in [-0.2, -0.15) is 0 Å². The molecule has 3 nitrogen and oxygen atoms in total. The Labute approximate surface area is 71.8 Å². The molecule has 0 unspecified atom stereocenters. The van der Waals surface area contributed by atoms with Gasteiger partial charge in [0, 0.05) is 0 Å². The SMILES string of the molecule is CC=O.OB(O)c1ccccc1. The molecule has 1 aromatic carbocycles. The molecule has 64 valence electrons. The van der Waals surface area contributed by atoms with Crippen molar-refractivity contribution in [1.29, 1.82) is 0 Å². The van der Waals surface area contributed by atoms with Crippen LogP contribution < -0.4 is 5.46 Å². The lowest BCUT2D eigenvalue weighted by Crippen LogP contribution is -2.29. The van der Waals surface area contributed by atoms with Crippen molar-refractivity contribution >= 4 is 18.9 Å². The predicted octanol–water partition coefficient (Wildman–Crippen LogP) is -0.428. The Morgan fingerprint density at radius 1 is 1.25 bits per heavy atom. The minimum atomic E-state index is -1.34. The standard InChI is InChI=1S/C6H7BO2.C2H4O/c8-7(9)6-4-2-1-3-5-6;1-2-3/h1-5,8-9H;2H,1H3. The molecular weight excluding hydrogens is 155 g/mol. The molecule has 0 aliphatic rings. The predicted molar refractivity (Wildman–Crippen MR) is 48.0 cm³/mol. The van der Waals surface area contributed by atoms with Gasteiger partial charge in [0.1, 0.15) is 6.29 Å². The molecule has 0 fully saturated rings. The summed E-state index contributed by atoms with van der Waals surface area (Å²) in [4.78, 5) is 8.81. The minimum Gasteiger partial charge on any atom is -0.423 e. The zero-order valence-electron chi connectivity index (χ0n) is 6.84. The highest BCUT2D eigenvalue weighted by Crippen LogP contribution is 1.82. The maximum absolute atomic E-state index is 8.81. The van der Waals surface area contributed by atoms with Gasteiger partial charge in [-0.25, -0.2) is 0 Å². The molecule has 0 aromatic heterocycles. The van der Waals surface area contributed by atoms with E-state index in [1.54, 1.807) is 24.3 Å². The summed E-state index contributed by atoms with van der Waals surface area (Å²) >= 11 is 0. The van der Waals surface area contributed by atoms with Gasteiger partial charge in [-0.1, -0.05) is 30.3 Å². The zero-order valence-corrected chi connectivity index (χ0v) is 6.84. The van der Waals surface area contributed by atoms with Crippen molar-refractivity contribution in [3.8, 4) is 0 Å². The smallest absolute Gasteiger partial charge is 0.423 e. The lowest BCUT2D eigenvalue weighted by Gasteiger charge is -1.94. The van der Waals surface area contributed by atoms with Crippen LogP contribution in [0.3, 0.4) is 0 Å². The number of hydrogen-bond acceptors (Lipinski definition) is 3. The van der Waals surface area contributed by atoms with Gasteiger partial charge in [0.2, 0.25) is 0 Å². The highest BCUT2D eigenvalue weighted by molar-refractivity contribution is 6.58. The van der Waals surface area contributed by atoms with Crippen molar-refractivity contribution in [2.24, 2.45) is 0 Å². The molecule has 0 spiro atoms. The first-order valence-electron chi connectivity index (χ1n) is 3.53. The molecule has 2 N–H and O–H groups in total. The van der Waals surface area contributed by atoms with Crippen LogP contribution in [0, 0.1) is 0 Å². The van der Waals surface area contributed by atoms with E-state index in [1.807, 2.05) is 6.07 Å². The molecule has 0 saturated carbocycles. The van der Waals surface area contributed by atoms with Crippen molar-refractivity contribution in [1.82, 2.24) is 0 Å². The highest BCUT2D eigenvalue weighted by atomic mass is 16.4. The van der Waals surface area contributed by atoms with Crippen molar-refractivity contribution in [2.75, 3.05) is 0 Å². The van der Waals surface area contributed by atoms with Gasteiger partial charge in [-0.05, 0) is 12.4 Å². The maximum atomic E-state index is 8.81. The van der Waals surface area contributed by atoms with Gasteiger partial charge in [0.25, 0.3) is 0 Å². The van der Waals surface area contributed by atoms with E-state index in [4.69, 9.17) is 14.8 Å². The second-order valence-corrected chi connectivity index (χ2v) is 2.02. The summed E-state index contributed by atoms with van der Waals surface area (Å²) in [7, 11) is -1.34. The Hall–Kier alpha value is -1.13. The molecule has 1 aromatic rings. The van der Waals surface area contributed by atoms with Gasteiger partial charge in [-0.15, -0.1) is 0 Å². The van der Waals surface area contributed by atoms with Gasteiger partial charge in [-0.3, -0.25) is 0 Å². The average Bonchev–Trinajstić information content (AvgIpc) is 2.07. The average molecular weight is 166 g/mol. The largest absolute Gasteiger partial charge is 0.488 e. The Balaban J connectivity index is 0.000000354. The molecule has 0 radical (unpaired) electrons. The summed E-state index contributed by atoms with van der Waals surface area (Å²) in [6.07, 6.45) is 0.750. The van der Waals surface area contributed by atoms with E-state index in [9.17, 15) is 0 Å². The lowest BCUT2D eigenvalue weighted by molar-refractivity contribution is -0.106. The van der Waals surface area contributed by atoms with Crippen LogP contribution in [0.5, 0.6) is 0 Å². The minimum absolute atomic E-state index is 0.525. The van der Waals surface area contributed by atoms with E-state index in [0.717, 1.165) is 6.29 Å². The number of carbonyl (C=O) groups excluding carboxylic acids is 1. The molecule has 0 saturated heterocycles. The van der Waals surface area contributed by atoms with E-state index < -0.39 is 7.12 Å². The van der Waals surface area contributed by atoms with Crippen LogP contribution in [-0.4, -0.2) is 23.5 Å². The molecule has 12 heavy (non-hydrogen) atoms. The topological polar surface area (TPSA) is 57.5 Å². The fraction of sp³-hybridized carbons (Fsp3) is 0.125. The van der Waals surface area contributed by atoms with Crippen LogP contribution in [0.4, 0.5) is 0 Å². The number of benzene rings is 1. The van der Waals surface area contributed by atoms with Crippen LogP contribution in [0.1, 0.15) is 6.92 Å². The quantitative estimate of drug-likeness (QED) is 0.439. The molecule has 0 bridgehead atoms. The van der Waals surface area contributed by atoms with E-state index in [-0.39, 0.29) is 0 Å². The molecule has 0 atom stereocenters. The number of rotatable bonds is 1. The van der Waals surface area contributed by atoms with Crippen molar-refractivity contribution in [3.05, 3.63) is 30.3 Å². The van der Waals surface area contributed by atoms with E-state index >= 15 is 0 Å². The van der Waals surface area contributed by atoms with Crippen LogP contribution in [0.2, 0.25) is 0 Å². The second-order valence-electron chi connectivity index (χ2n) is 2.02. The first-order chi connectivity index (χ1) is 5.72. The zero-order chi connectivity index (χ0) is 9.40. The van der Waals surface area contributed by atoms with Crippen molar-refractivity contribution < 1.29 is 14.8 Å². The molecule has 0 aliphatic heterocycles. The van der Waals surface area contributed by atoms with Gasteiger partial charge in [0.05, 0.1) is 0 Å². The fourth-order valence-corrected chi connectivity index (χ4v) is 0.625. The van der Waals surface area contributed by atoms with Crippen LogP contribution >= 0.6 is 0 Å². The molecule has 0 aliphatic carbocycles. The first-order valence-corrected chi connectivity index (χ1v) is 3.53. The van der Waals surface area contributed by atoms with Crippen molar-refractivity contribution in [2.45, 2.75) is 6.92 Å². The van der Waals surface area contributed by atoms with Crippen LogP contribution in [0.15, 0.2) is 30.3 Å². The Morgan fingerprint density at radius 2 is 1.67 bits per heavy atom. The second kappa shape index (κ2) is 6.58. The summed E-state index contributed by atoms with van der Waals surface area (Å²) < 4.78 is 0. The molecule has 1 rings (SSSR count). The summed E-state index contributed by atoms with van der Waals surface area (Å²) in [6.45, 7) is 1.44. The molecule has 0 amide bonds. The summed E-state index contributed by atoms with van der Waals surface area (Å²) in [5.74, 6) is 0. The van der Waals surface area contributed by atoms with Gasteiger partial charge >= 0.3 is 7.12 Å². The third-order valence-corrected chi connectivity index (χ3v) is 1.10. The monoisotopic (exact) mass is 166 g/mol. The van der Waals surface area contributed by atoms with Crippen LogP contribution in [0.25, 0.3) is 0 Å². The van der Waals surface area contributed by atoms with E-state index in [0.29, 0.717) is 5.46 Å². The van der Waals surface area contributed by atoms with E-state index in [2.05, 4.69) is 0 Å². The Morgan fingerprint density at radius 3 is 1.92 bits per heavy atom. The van der Waals surface area contributed by atoms with E-state index in [1.165, 1.54) is 6.92 Å². The third-order valence-electron chi connectivity index (χ3n) is 1.10. The molecular formula is C8H11BO3. The Kier molecular flexibility index (Phi) is 5.96. The molecule has 4 heteroatoms. The summed E-state index contributed by atoms with van der Waals surface area (Å²) in [6, 6.07) is 8.66. The highest BCUT2D eigenvalue weighted by Gasteiger charge is 2.07. The first kappa shape index (κ1) is 10.9. The number of aldehydes is 1. The fourth-order valence-electron chi connectivity index (χ4n) is 0.625. The summed E-state index contributed by atoms with van der Waals surface area (Å²) in [5.41, 5.74) is 0.525. The van der Waals surface area contributed by atoms with Gasteiger partial charge in [0.15, 0.2) is 0 Å². The number of carbonyl (C=O) groups is 1. The third kappa shape index (κ3) is 4.65. The normalized spacial score (nSPS) is 7.92. The summed E-state index contributed by atoms with van der Waals surface area (Å²) in [5, 5.41) is 17.2. The van der Waals surface area contributed by atoms with Crippen LogP contribution in [-0.2, 0) is 4.79 Å². The number of hydrogen-bond donors (Lipinski definition) is 2. The molecule has 0 heterocycles. The van der Waals surface area contributed by atoms with Gasteiger partial charge < -0.3 is 14.8 Å². The maximum Gasteiger partial charge on any atom is 0.488 e. The van der Waals surface area contributed by atoms with Crippen molar-refractivity contribution in [3.63, 3.8) is 0 Å². The Bertz CT molecular complexity index is 211.